The number of hydrogen-bond donors (Lipinski definition) is 1. The van der Waals surface area contributed by atoms with Crippen molar-refractivity contribution >= 4 is 32.4 Å². The molecule has 0 saturated carbocycles. The van der Waals surface area contributed by atoms with Gasteiger partial charge in [0.1, 0.15) is 12.4 Å². The molecular formula is C17H14BrNO. The van der Waals surface area contributed by atoms with Gasteiger partial charge in [0.25, 0.3) is 0 Å². The lowest BCUT2D eigenvalue weighted by atomic mass is 10.1. The fraction of sp³-hybridized carbons (Fsp3) is 0.0588. The van der Waals surface area contributed by atoms with Gasteiger partial charge in [0, 0.05) is 15.7 Å². The topological polar surface area (TPSA) is 35.2 Å². The second-order valence-electron chi connectivity index (χ2n) is 4.62. The van der Waals surface area contributed by atoms with Crippen LogP contribution in [0.4, 0.5) is 5.69 Å². The Labute approximate surface area is 126 Å². The van der Waals surface area contributed by atoms with Gasteiger partial charge in [0.2, 0.25) is 0 Å². The van der Waals surface area contributed by atoms with Crippen LogP contribution in [0.3, 0.4) is 0 Å². The number of hydrogen-bond acceptors (Lipinski definition) is 2. The Morgan fingerprint density at radius 2 is 1.70 bits per heavy atom. The summed E-state index contributed by atoms with van der Waals surface area (Å²) in [5.74, 6) is 0.859. The van der Waals surface area contributed by atoms with Gasteiger partial charge in [-0.1, -0.05) is 42.5 Å². The molecule has 100 valence electrons. The van der Waals surface area contributed by atoms with E-state index in [1.807, 2.05) is 36.4 Å². The van der Waals surface area contributed by atoms with Crippen molar-refractivity contribution in [2.75, 3.05) is 5.73 Å². The van der Waals surface area contributed by atoms with Crippen molar-refractivity contribution in [1.82, 2.24) is 0 Å². The van der Waals surface area contributed by atoms with E-state index < -0.39 is 0 Å². The molecule has 0 heterocycles. The number of halogens is 1. The number of rotatable bonds is 3. The zero-order valence-corrected chi connectivity index (χ0v) is 12.4. The number of nitrogens with two attached hydrogens (primary N) is 1. The van der Waals surface area contributed by atoms with Crippen LogP contribution in [0.2, 0.25) is 0 Å². The Kier molecular flexibility index (Phi) is 3.61. The van der Waals surface area contributed by atoms with Crippen LogP contribution < -0.4 is 10.5 Å². The molecule has 0 aliphatic heterocycles. The molecule has 0 aliphatic carbocycles. The van der Waals surface area contributed by atoms with Gasteiger partial charge in [-0.15, -0.1) is 0 Å². The maximum atomic E-state index is 5.86. The van der Waals surface area contributed by atoms with E-state index in [-0.39, 0.29) is 0 Å². The number of anilines is 1. The minimum atomic E-state index is 0.490. The van der Waals surface area contributed by atoms with Gasteiger partial charge in [-0.2, -0.15) is 0 Å². The second kappa shape index (κ2) is 5.55. The average Bonchev–Trinajstić information content (AvgIpc) is 2.48. The number of nitrogen functional groups attached to an aromatic ring is 1. The van der Waals surface area contributed by atoms with Gasteiger partial charge >= 0.3 is 0 Å². The molecule has 0 saturated heterocycles. The highest BCUT2D eigenvalue weighted by Gasteiger charge is 2.04. The van der Waals surface area contributed by atoms with Crippen LogP contribution in [0.25, 0.3) is 10.8 Å². The third-order valence-corrected chi connectivity index (χ3v) is 4.19. The molecular weight excluding hydrogens is 314 g/mol. The molecule has 0 aliphatic rings. The first-order valence-electron chi connectivity index (χ1n) is 6.38. The quantitative estimate of drug-likeness (QED) is 0.703. The van der Waals surface area contributed by atoms with Crippen LogP contribution >= 0.6 is 15.9 Å². The molecule has 0 atom stereocenters. The number of fused-ring (bicyclic) bond motifs is 1. The first-order chi connectivity index (χ1) is 9.74. The van der Waals surface area contributed by atoms with E-state index in [4.69, 9.17) is 10.5 Å². The Balaban J connectivity index is 1.81. The van der Waals surface area contributed by atoms with Crippen LogP contribution in [-0.4, -0.2) is 0 Å². The van der Waals surface area contributed by atoms with Gasteiger partial charge in [-0.3, -0.25) is 0 Å². The van der Waals surface area contributed by atoms with Crippen molar-refractivity contribution in [3.05, 3.63) is 70.7 Å². The van der Waals surface area contributed by atoms with Gasteiger partial charge in [0.15, 0.2) is 0 Å². The number of benzene rings is 3. The monoisotopic (exact) mass is 327 g/mol. The average molecular weight is 328 g/mol. The summed E-state index contributed by atoms with van der Waals surface area (Å²) >= 11 is 3.49. The van der Waals surface area contributed by atoms with Crippen LogP contribution in [0.5, 0.6) is 5.75 Å². The largest absolute Gasteiger partial charge is 0.489 e. The predicted octanol–water partition coefficient (Wildman–Crippen LogP) is 4.76. The van der Waals surface area contributed by atoms with E-state index in [1.165, 1.54) is 10.8 Å². The van der Waals surface area contributed by atoms with Crippen molar-refractivity contribution in [2.24, 2.45) is 0 Å². The van der Waals surface area contributed by atoms with Crippen LogP contribution in [-0.2, 0) is 6.61 Å². The van der Waals surface area contributed by atoms with E-state index in [0.29, 0.717) is 6.61 Å². The van der Waals surface area contributed by atoms with E-state index >= 15 is 0 Å². The summed E-state index contributed by atoms with van der Waals surface area (Å²) in [7, 11) is 0. The predicted molar refractivity (Wildman–Crippen MR) is 86.8 cm³/mol. The Hall–Kier alpha value is -2.00. The molecule has 3 rings (SSSR count). The summed E-state index contributed by atoms with van der Waals surface area (Å²) in [6, 6.07) is 20.1. The summed E-state index contributed by atoms with van der Waals surface area (Å²) in [4.78, 5) is 0. The zero-order valence-electron chi connectivity index (χ0n) is 10.8. The molecule has 0 bridgehead atoms. The maximum Gasteiger partial charge on any atom is 0.120 e. The number of ether oxygens (including phenoxy) is 1. The molecule has 0 spiro atoms. The standard InChI is InChI=1S/C17H14BrNO/c18-17-14(6-3-7-16(17)19)11-20-15-9-8-12-4-1-2-5-13(12)10-15/h1-10H,11,19H2. The van der Waals surface area contributed by atoms with Gasteiger partial charge in [0.05, 0.1) is 0 Å². The van der Waals surface area contributed by atoms with E-state index in [9.17, 15) is 0 Å². The molecule has 3 heteroatoms. The van der Waals surface area contributed by atoms with E-state index in [2.05, 4.69) is 40.2 Å². The normalized spacial score (nSPS) is 10.7. The lowest BCUT2D eigenvalue weighted by Gasteiger charge is -2.10. The van der Waals surface area contributed by atoms with E-state index in [0.717, 1.165) is 21.5 Å². The summed E-state index contributed by atoms with van der Waals surface area (Å²) < 4.78 is 6.75. The summed E-state index contributed by atoms with van der Waals surface area (Å²) in [6.45, 7) is 0.490. The fourth-order valence-electron chi connectivity index (χ4n) is 2.13. The molecule has 3 aromatic carbocycles. The molecule has 0 aromatic heterocycles. The highest BCUT2D eigenvalue weighted by Crippen LogP contribution is 2.26. The SMILES string of the molecule is Nc1cccc(COc2ccc3ccccc3c2)c1Br. The Morgan fingerprint density at radius 3 is 2.55 bits per heavy atom. The lowest BCUT2D eigenvalue weighted by molar-refractivity contribution is 0.306. The van der Waals surface area contributed by atoms with Crippen molar-refractivity contribution < 1.29 is 4.74 Å². The maximum absolute atomic E-state index is 5.86. The molecule has 2 nitrogen and oxygen atoms in total. The Morgan fingerprint density at radius 1 is 0.900 bits per heavy atom. The third kappa shape index (κ3) is 2.63. The molecule has 20 heavy (non-hydrogen) atoms. The molecule has 0 unspecified atom stereocenters. The molecule has 3 aromatic rings. The second-order valence-corrected chi connectivity index (χ2v) is 5.41. The van der Waals surface area contributed by atoms with Crippen LogP contribution in [0, 0.1) is 0 Å². The van der Waals surface area contributed by atoms with E-state index in [1.54, 1.807) is 0 Å². The van der Waals surface area contributed by atoms with Crippen molar-refractivity contribution in [1.29, 1.82) is 0 Å². The van der Waals surface area contributed by atoms with Crippen LogP contribution in [0.15, 0.2) is 65.1 Å². The summed E-state index contributed by atoms with van der Waals surface area (Å²) in [5.41, 5.74) is 7.63. The molecule has 2 N–H and O–H groups in total. The highest BCUT2D eigenvalue weighted by molar-refractivity contribution is 9.10. The molecule has 0 radical (unpaired) electrons. The first kappa shape index (κ1) is 13.0. The van der Waals surface area contributed by atoms with Crippen LogP contribution in [0.1, 0.15) is 5.56 Å². The summed E-state index contributed by atoms with van der Waals surface area (Å²) in [5, 5.41) is 2.39. The summed E-state index contributed by atoms with van der Waals surface area (Å²) in [6.07, 6.45) is 0. The van der Waals surface area contributed by atoms with Gasteiger partial charge in [-0.25, -0.2) is 0 Å². The molecule has 0 amide bonds. The minimum Gasteiger partial charge on any atom is -0.489 e. The third-order valence-electron chi connectivity index (χ3n) is 3.22. The minimum absolute atomic E-state index is 0.490. The smallest absolute Gasteiger partial charge is 0.120 e. The van der Waals surface area contributed by atoms with Crippen molar-refractivity contribution in [3.8, 4) is 5.75 Å². The first-order valence-corrected chi connectivity index (χ1v) is 7.18. The van der Waals surface area contributed by atoms with Crippen molar-refractivity contribution in [3.63, 3.8) is 0 Å². The van der Waals surface area contributed by atoms with Crippen molar-refractivity contribution in [2.45, 2.75) is 6.61 Å². The fourth-order valence-corrected chi connectivity index (χ4v) is 2.51. The highest BCUT2D eigenvalue weighted by atomic mass is 79.9. The lowest BCUT2D eigenvalue weighted by Crippen LogP contribution is -1.98. The Bertz CT molecular complexity index is 755. The zero-order chi connectivity index (χ0) is 13.9. The van der Waals surface area contributed by atoms with Gasteiger partial charge < -0.3 is 10.5 Å². The van der Waals surface area contributed by atoms with Gasteiger partial charge in [-0.05, 0) is 44.9 Å². The molecule has 0 fully saturated rings.